The smallest absolute Gasteiger partial charge is 0.199 e. The Morgan fingerprint density at radius 2 is 1.96 bits per heavy atom. The number of rotatable bonds is 7. The summed E-state index contributed by atoms with van der Waals surface area (Å²) in [6, 6.07) is 12.9. The minimum atomic E-state index is -0.324. The molecule has 1 heterocycles. The molecule has 27 heavy (non-hydrogen) atoms. The zero-order valence-corrected chi connectivity index (χ0v) is 17.6. The summed E-state index contributed by atoms with van der Waals surface area (Å²) in [4.78, 5) is 0. The third kappa shape index (κ3) is 4.81. The fourth-order valence-electron chi connectivity index (χ4n) is 2.77. The van der Waals surface area contributed by atoms with Crippen molar-refractivity contribution in [1.82, 2.24) is 14.8 Å². The second-order valence-corrected chi connectivity index (χ2v) is 8.19. The minimum Gasteiger partial charge on any atom is -0.271 e. The maximum absolute atomic E-state index is 13.2. The molecule has 0 bridgehead atoms. The molecule has 1 N–H and O–H groups in total. The number of H-pyrrole nitrogens is 1. The first kappa shape index (κ1) is 20.1. The van der Waals surface area contributed by atoms with Gasteiger partial charge < -0.3 is 0 Å². The molecule has 0 fully saturated rings. The lowest BCUT2D eigenvalue weighted by molar-refractivity contribution is 0.627. The summed E-state index contributed by atoms with van der Waals surface area (Å²) < 4.78 is 15.7. The summed E-state index contributed by atoms with van der Waals surface area (Å²) >= 11 is 13.2. The second kappa shape index (κ2) is 9.04. The molecule has 1 aromatic heterocycles. The molecule has 0 unspecified atom stereocenters. The van der Waals surface area contributed by atoms with Crippen LogP contribution in [0.15, 0.2) is 42.5 Å². The van der Waals surface area contributed by atoms with Crippen molar-refractivity contribution in [3.05, 3.63) is 75.0 Å². The van der Waals surface area contributed by atoms with Crippen molar-refractivity contribution in [2.45, 2.75) is 37.7 Å². The molecule has 7 heteroatoms. The molecular weight excluding hydrogens is 401 g/mol. The normalized spacial score (nSPS) is 12.3. The second-order valence-electron chi connectivity index (χ2n) is 6.41. The molecule has 1 atom stereocenters. The van der Waals surface area contributed by atoms with E-state index in [9.17, 15) is 4.39 Å². The van der Waals surface area contributed by atoms with Gasteiger partial charge in [-0.05, 0) is 59.9 Å². The number of thioether (sulfide) groups is 1. The van der Waals surface area contributed by atoms with Gasteiger partial charge in [0.2, 0.25) is 0 Å². The standard InChI is InChI=1S/C20H21ClFN3S2/c1-3-13(2)14-5-8-17(9-6-14)25-19(23-24-20(25)26)12-27-11-15-4-7-16(22)10-18(15)21/h4-10,13H,3,11-12H2,1-2H3,(H,24,26)/t13-/m0/s1. The summed E-state index contributed by atoms with van der Waals surface area (Å²) in [7, 11) is 0. The highest BCUT2D eigenvalue weighted by atomic mass is 35.5. The molecule has 3 nitrogen and oxygen atoms in total. The zero-order valence-electron chi connectivity index (χ0n) is 15.2. The van der Waals surface area contributed by atoms with Crippen LogP contribution in [0.1, 0.15) is 43.1 Å². The molecule has 3 aromatic rings. The number of hydrogen-bond donors (Lipinski definition) is 1. The predicted octanol–water partition coefficient (Wildman–Crippen LogP) is 6.67. The average Bonchev–Trinajstić information content (AvgIpc) is 3.03. The van der Waals surface area contributed by atoms with E-state index < -0.39 is 0 Å². The number of nitrogens with one attached hydrogen (secondary N) is 1. The van der Waals surface area contributed by atoms with Gasteiger partial charge in [0.1, 0.15) is 11.6 Å². The monoisotopic (exact) mass is 421 g/mol. The first-order valence-electron chi connectivity index (χ1n) is 8.78. The lowest BCUT2D eigenvalue weighted by Crippen LogP contribution is -2.01. The number of nitrogens with zero attached hydrogens (tertiary/aromatic N) is 2. The first-order valence-corrected chi connectivity index (χ1v) is 10.7. The Morgan fingerprint density at radius 3 is 2.63 bits per heavy atom. The summed E-state index contributed by atoms with van der Waals surface area (Å²) in [6.45, 7) is 4.41. The van der Waals surface area contributed by atoms with Crippen molar-refractivity contribution in [2.75, 3.05) is 0 Å². The number of benzene rings is 2. The van der Waals surface area contributed by atoms with Crippen LogP contribution in [-0.2, 0) is 11.5 Å². The Bertz CT molecular complexity index is 966. The van der Waals surface area contributed by atoms with E-state index in [-0.39, 0.29) is 5.82 Å². The van der Waals surface area contributed by atoms with Gasteiger partial charge >= 0.3 is 0 Å². The maximum Gasteiger partial charge on any atom is 0.199 e. The topological polar surface area (TPSA) is 33.6 Å². The number of aromatic nitrogens is 3. The number of aromatic amines is 1. The lowest BCUT2D eigenvalue weighted by atomic mass is 9.99. The molecular formula is C20H21ClFN3S2. The van der Waals surface area contributed by atoms with E-state index in [1.165, 1.54) is 17.7 Å². The molecule has 0 amide bonds. The van der Waals surface area contributed by atoms with Gasteiger partial charge in [-0.15, -0.1) is 11.8 Å². The Morgan fingerprint density at radius 1 is 1.22 bits per heavy atom. The van der Waals surface area contributed by atoms with Crippen LogP contribution in [0.3, 0.4) is 0 Å². The maximum atomic E-state index is 13.2. The molecule has 0 aliphatic rings. The Balaban J connectivity index is 1.74. The van der Waals surface area contributed by atoms with Crippen LogP contribution in [-0.4, -0.2) is 14.8 Å². The SMILES string of the molecule is CC[C@H](C)c1ccc(-n2c(CSCc3ccc(F)cc3Cl)n[nH]c2=S)cc1. The molecule has 0 spiro atoms. The van der Waals surface area contributed by atoms with E-state index in [4.69, 9.17) is 23.8 Å². The van der Waals surface area contributed by atoms with Gasteiger partial charge in [-0.25, -0.2) is 4.39 Å². The molecule has 0 aliphatic carbocycles. The number of halogens is 2. The van der Waals surface area contributed by atoms with E-state index in [1.54, 1.807) is 17.8 Å². The van der Waals surface area contributed by atoms with Gasteiger partial charge in [-0.1, -0.05) is 43.6 Å². The summed E-state index contributed by atoms with van der Waals surface area (Å²) in [5, 5.41) is 7.69. The highest BCUT2D eigenvalue weighted by molar-refractivity contribution is 7.97. The molecule has 0 saturated carbocycles. The van der Waals surface area contributed by atoms with Crippen molar-refractivity contribution in [3.63, 3.8) is 0 Å². The quantitative estimate of drug-likeness (QED) is 0.432. The molecule has 0 radical (unpaired) electrons. The van der Waals surface area contributed by atoms with E-state index >= 15 is 0 Å². The van der Waals surface area contributed by atoms with Crippen LogP contribution in [0.4, 0.5) is 4.39 Å². The molecule has 2 aromatic carbocycles. The zero-order chi connectivity index (χ0) is 19.4. The van der Waals surface area contributed by atoms with E-state index in [2.05, 4.69) is 48.3 Å². The lowest BCUT2D eigenvalue weighted by Gasteiger charge is -2.11. The fraction of sp³-hybridized carbons (Fsp3) is 0.300. The predicted molar refractivity (Wildman–Crippen MR) is 114 cm³/mol. The van der Waals surface area contributed by atoms with Crippen LogP contribution >= 0.6 is 35.6 Å². The third-order valence-corrected chi connectivity index (χ3v) is 6.18. The van der Waals surface area contributed by atoms with Gasteiger partial charge in [0.05, 0.1) is 5.75 Å². The molecule has 0 aliphatic heterocycles. The van der Waals surface area contributed by atoms with Crippen LogP contribution in [0.25, 0.3) is 5.69 Å². The van der Waals surface area contributed by atoms with Gasteiger partial charge in [0.25, 0.3) is 0 Å². The largest absolute Gasteiger partial charge is 0.271 e. The third-order valence-electron chi connectivity index (χ3n) is 4.58. The van der Waals surface area contributed by atoms with Crippen LogP contribution in [0, 0.1) is 10.6 Å². The van der Waals surface area contributed by atoms with Crippen molar-refractivity contribution in [3.8, 4) is 5.69 Å². The van der Waals surface area contributed by atoms with Crippen molar-refractivity contribution < 1.29 is 4.39 Å². The van der Waals surface area contributed by atoms with E-state index in [1.807, 2.05) is 4.57 Å². The Hall–Kier alpha value is -1.63. The fourth-order valence-corrected chi connectivity index (χ4v) is 4.29. The van der Waals surface area contributed by atoms with Crippen molar-refractivity contribution in [2.24, 2.45) is 0 Å². The van der Waals surface area contributed by atoms with Crippen LogP contribution in [0.5, 0.6) is 0 Å². The highest BCUT2D eigenvalue weighted by Gasteiger charge is 2.11. The van der Waals surface area contributed by atoms with Crippen LogP contribution < -0.4 is 0 Å². The van der Waals surface area contributed by atoms with E-state index in [0.29, 0.717) is 27.2 Å². The minimum absolute atomic E-state index is 0.324. The Kier molecular flexibility index (Phi) is 6.73. The summed E-state index contributed by atoms with van der Waals surface area (Å²) in [6.07, 6.45) is 1.11. The summed E-state index contributed by atoms with van der Waals surface area (Å²) in [5.74, 6) is 2.39. The van der Waals surface area contributed by atoms with Gasteiger partial charge in [-0.3, -0.25) is 9.67 Å². The Labute approximate surface area is 173 Å². The van der Waals surface area contributed by atoms with Crippen molar-refractivity contribution >= 4 is 35.6 Å². The molecule has 142 valence electrons. The van der Waals surface area contributed by atoms with E-state index in [0.717, 1.165) is 23.5 Å². The average molecular weight is 422 g/mol. The van der Waals surface area contributed by atoms with Gasteiger partial charge in [0.15, 0.2) is 4.77 Å². The molecule has 0 saturated heterocycles. The highest BCUT2D eigenvalue weighted by Crippen LogP contribution is 2.25. The first-order chi connectivity index (χ1) is 13.0. The van der Waals surface area contributed by atoms with Gasteiger partial charge in [0, 0.05) is 16.5 Å². The summed E-state index contributed by atoms with van der Waals surface area (Å²) in [5.41, 5.74) is 3.22. The van der Waals surface area contributed by atoms with Crippen LogP contribution in [0.2, 0.25) is 5.02 Å². The van der Waals surface area contributed by atoms with Crippen molar-refractivity contribution in [1.29, 1.82) is 0 Å². The number of hydrogen-bond acceptors (Lipinski definition) is 3. The molecule has 3 rings (SSSR count). The van der Waals surface area contributed by atoms with Gasteiger partial charge in [-0.2, -0.15) is 5.10 Å².